The molecule has 2 aromatic rings. The predicted molar refractivity (Wildman–Crippen MR) is 115 cm³/mol. The summed E-state index contributed by atoms with van der Waals surface area (Å²) in [6.07, 6.45) is 12.1. The van der Waals surface area contributed by atoms with Gasteiger partial charge in [-0.3, -0.25) is 9.69 Å². The van der Waals surface area contributed by atoms with Crippen molar-refractivity contribution in [3.05, 3.63) is 36.0 Å². The van der Waals surface area contributed by atoms with Crippen LogP contribution >= 0.6 is 0 Å². The standard InChI is InChI=1S/C23H32N6O/c1-16-24-10-8-19(26-16)12-17-6-7-18-13-28(14-21(17)18)15-23(30)27-22-9-11-25-29(22)20-4-2-3-5-20/h8-11,17-18,20-21H,2-7,12-15H2,1H3,(H,27,30)/t17-,18-,21-/m1/s1. The topological polar surface area (TPSA) is 75.9 Å². The molecule has 0 radical (unpaired) electrons. The molecule has 0 bridgehead atoms. The number of likely N-dealkylation sites (tertiary alicyclic amines) is 1. The van der Waals surface area contributed by atoms with Gasteiger partial charge in [0.2, 0.25) is 5.91 Å². The highest BCUT2D eigenvalue weighted by Crippen LogP contribution is 2.43. The summed E-state index contributed by atoms with van der Waals surface area (Å²) in [4.78, 5) is 23.9. The smallest absolute Gasteiger partial charge is 0.239 e. The van der Waals surface area contributed by atoms with Gasteiger partial charge in [-0.1, -0.05) is 12.8 Å². The highest BCUT2D eigenvalue weighted by Gasteiger charge is 2.42. The molecule has 0 unspecified atom stereocenters. The van der Waals surface area contributed by atoms with E-state index in [4.69, 9.17) is 0 Å². The van der Waals surface area contributed by atoms with Gasteiger partial charge in [-0.2, -0.15) is 5.10 Å². The molecule has 3 atom stereocenters. The van der Waals surface area contributed by atoms with Gasteiger partial charge in [0.1, 0.15) is 11.6 Å². The third-order valence-corrected chi connectivity index (χ3v) is 7.36. The normalized spacial score (nSPS) is 26.9. The first-order chi connectivity index (χ1) is 14.7. The average Bonchev–Trinajstić information content (AvgIpc) is 3.48. The molecule has 0 spiro atoms. The van der Waals surface area contributed by atoms with E-state index in [1.54, 1.807) is 6.20 Å². The fourth-order valence-electron chi connectivity index (χ4n) is 5.98. The van der Waals surface area contributed by atoms with Gasteiger partial charge in [-0.05, 0) is 62.8 Å². The zero-order chi connectivity index (χ0) is 20.5. The lowest BCUT2D eigenvalue weighted by atomic mass is 9.89. The van der Waals surface area contributed by atoms with Crippen LogP contribution in [0, 0.1) is 24.7 Å². The molecule has 3 fully saturated rings. The van der Waals surface area contributed by atoms with E-state index >= 15 is 0 Å². The van der Waals surface area contributed by atoms with Gasteiger partial charge < -0.3 is 5.32 Å². The molecule has 1 aliphatic heterocycles. The van der Waals surface area contributed by atoms with Gasteiger partial charge in [-0.25, -0.2) is 14.6 Å². The minimum atomic E-state index is 0.0812. The van der Waals surface area contributed by atoms with E-state index in [0.29, 0.717) is 24.4 Å². The van der Waals surface area contributed by atoms with E-state index in [1.807, 2.05) is 29.9 Å². The van der Waals surface area contributed by atoms with Crippen LogP contribution in [0.15, 0.2) is 24.5 Å². The molecule has 2 aromatic heterocycles. The number of amides is 1. The van der Waals surface area contributed by atoms with Crippen molar-refractivity contribution in [2.24, 2.45) is 17.8 Å². The minimum Gasteiger partial charge on any atom is -0.310 e. The van der Waals surface area contributed by atoms with Crippen molar-refractivity contribution in [3.63, 3.8) is 0 Å². The lowest BCUT2D eigenvalue weighted by Crippen LogP contribution is -2.33. The molecule has 5 rings (SSSR count). The SMILES string of the molecule is Cc1nccc(C[C@H]2CC[C@@H]3CN(CC(=O)Nc4ccnn4C4CCCC4)C[C@H]23)n1. The van der Waals surface area contributed by atoms with Gasteiger partial charge in [0.05, 0.1) is 18.8 Å². The number of hydrogen-bond acceptors (Lipinski definition) is 5. The van der Waals surface area contributed by atoms with Crippen molar-refractivity contribution in [3.8, 4) is 0 Å². The Morgan fingerprint density at radius 2 is 2.00 bits per heavy atom. The molecule has 2 saturated carbocycles. The van der Waals surface area contributed by atoms with Crippen LogP contribution in [0.25, 0.3) is 0 Å². The summed E-state index contributed by atoms with van der Waals surface area (Å²) in [5, 5.41) is 7.58. The van der Waals surface area contributed by atoms with E-state index in [2.05, 4.69) is 25.3 Å². The number of fused-ring (bicyclic) bond motifs is 1. The second-order valence-electron chi connectivity index (χ2n) is 9.40. The Morgan fingerprint density at radius 1 is 1.13 bits per heavy atom. The first-order valence-corrected chi connectivity index (χ1v) is 11.5. The molecule has 1 N–H and O–H groups in total. The molecule has 160 valence electrons. The molecule has 2 aliphatic carbocycles. The molecule has 0 aromatic carbocycles. The Morgan fingerprint density at radius 3 is 2.83 bits per heavy atom. The maximum absolute atomic E-state index is 12.8. The number of carbonyl (C=O) groups is 1. The molecule has 3 heterocycles. The zero-order valence-electron chi connectivity index (χ0n) is 17.8. The number of aromatic nitrogens is 4. The first-order valence-electron chi connectivity index (χ1n) is 11.5. The Balaban J connectivity index is 1.16. The van der Waals surface area contributed by atoms with E-state index in [0.717, 1.165) is 55.6 Å². The fourth-order valence-corrected chi connectivity index (χ4v) is 5.98. The van der Waals surface area contributed by atoms with Crippen molar-refractivity contribution in [2.45, 2.75) is 57.9 Å². The third-order valence-electron chi connectivity index (χ3n) is 7.36. The third kappa shape index (κ3) is 4.13. The number of carbonyl (C=O) groups excluding carboxylic acids is 1. The van der Waals surface area contributed by atoms with Crippen molar-refractivity contribution in [1.82, 2.24) is 24.6 Å². The molecule has 7 heteroatoms. The van der Waals surface area contributed by atoms with E-state index in [9.17, 15) is 4.79 Å². The Hall–Kier alpha value is -2.28. The molecule has 30 heavy (non-hydrogen) atoms. The summed E-state index contributed by atoms with van der Waals surface area (Å²) in [5.74, 6) is 3.85. The largest absolute Gasteiger partial charge is 0.310 e. The fraction of sp³-hybridized carbons (Fsp3) is 0.652. The van der Waals surface area contributed by atoms with Crippen LogP contribution < -0.4 is 5.32 Å². The average molecular weight is 409 g/mol. The molecule has 1 amide bonds. The van der Waals surface area contributed by atoms with Crippen molar-refractivity contribution in [1.29, 1.82) is 0 Å². The Kier molecular flexibility index (Phi) is 5.54. The monoisotopic (exact) mass is 408 g/mol. The second kappa shape index (κ2) is 8.46. The number of nitrogens with zero attached hydrogens (tertiary/aromatic N) is 5. The predicted octanol–water partition coefficient (Wildman–Crippen LogP) is 3.24. The minimum absolute atomic E-state index is 0.0812. The Bertz CT molecular complexity index is 889. The summed E-state index contributed by atoms with van der Waals surface area (Å²) in [7, 11) is 0. The summed E-state index contributed by atoms with van der Waals surface area (Å²) in [5.41, 5.74) is 1.16. The van der Waals surface area contributed by atoms with Crippen LogP contribution in [-0.4, -0.2) is 50.2 Å². The maximum Gasteiger partial charge on any atom is 0.239 e. The highest BCUT2D eigenvalue weighted by atomic mass is 16.2. The van der Waals surface area contributed by atoms with Gasteiger partial charge in [0, 0.05) is 31.0 Å². The van der Waals surface area contributed by atoms with Crippen molar-refractivity contribution >= 4 is 11.7 Å². The summed E-state index contributed by atoms with van der Waals surface area (Å²) < 4.78 is 2.02. The van der Waals surface area contributed by atoms with Gasteiger partial charge in [0.25, 0.3) is 0 Å². The first kappa shape index (κ1) is 19.7. The van der Waals surface area contributed by atoms with Crippen LogP contribution in [0.3, 0.4) is 0 Å². The maximum atomic E-state index is 12.8. The summed E-state index contributed by atoms with van der Waals surface area (Å²) >= 11 is 0. The molecule has 7 nitrogen and oxygen atoms in total. The van der Waals surface area contributed by atoms with E-state index < -0.39 is 0 Å². The molecular weight excluding hydrogens is 376 g/mol. The van der Waals surface area contributed by atoms with Crippen LogP contribution in [-0.2, 0) is 11.2 Å². The van der Waals surface area contributed by atoms with Gasteiger partial charge in [-0.15, -0.1) is 0 Å². The van der Waals surface area contributed by atoms with Crippen molar-refractivity contribution in [2.75, 3.05) is 25.0 Å². The van der Waals surface area contributed by atoms with Gasteiger partial charge >= 0.3 is 0 Å². The zero-order valence-corrected chi connectivity index (χ0v) is 17.8. The second-order valence-corrected chi connectivity index (χ2v) is 9.40. The number of anilines is 1. The van der Waals surface area contributed by atoms with Gasteiger partial charge in [0.15, 0.2) is 0 Å². The lowest BCUT2D eigenvalue weighted by molar-refractivity contribution is -0.117. The number of rotatable bonds is 6. The molecule has 3 aliphatic rings. The highest BCUT2D eigenvalue weighted by molar-refractivity contribution is 5.91. The molecule has 1 saturated heterocycles. The number of aryl methyl sites for hydroxylation is 1. The molecular formula is C23H32N6O. The van der Waals surface area contributed by atoms with Crippen LogP contribution in [0.2, 0.25) is 0 Å². The van der Waals surface area contributed by atoms with Crippen LogP contribution in [0.1, 0.15) is 56.1 Å². The summed E-state index contributed by atoms with van der Waals surface area (Å²) in [6, 6.07) is 4.41. The lowest BCUT2D eigenvalue weighted by Gasteiger charge is -2.21. The number of hydrogen-bond donors (Lipinski definition) is 1. The van der Waals surface area contributed by atoms with E-state index in [-0.39, 0.29) is 5.91 Å². The van der Waals surface area contributed by atoms with Crippen molar-refractivity contribution < 1.29 is 4.79 Å². The Labute approximate surface area is 178 Å². The van der Waals surface area contributed by atoms with Crippen LogP contribution in [0.5, 0.6) is 0 Å². The quantitative estimate of drug-likeness (QED) is 0.794. The number of nitrogens with one attached hydrogen (secondary N) is 1. The van der Waals surface area contributed by atoms with E-state index in [1.165, 1.54) is 25.7 Å². The summed E-state index contributed by atoms with van der Waals surface area (Å²) in [6.45, 7) is 4.49. The van der Waals surface area contributed by atoms with Crippen LogP contribution in [0.4, 0.5) is 5.82 Å².